The summed E-state index contributed by atoms with van der Waals surface area (Å²) in [4.78, 5) is 28.5. The Hall–Kier alpha value is -3.67. The van der Waals surface area contributed by atoms with Crippen molar-refractivity contribution in [1.29, 1.82) is 0 Å². The van der Waals surface area contributed by atoms with Gasteiger partial charge in [-0.15, -0.1) is 0 Å². The van der Waals surface area contributed by atoms with Crippen LogP contribution in [0.3, 0.4) is 0 Å². The average molecular weight is 515 g/mol. The molecule has 0 bridgehead atoms. The largest absolute Gasteiger partial charge is 0.497 e. The SMILES string of the molecule is COc1ccc(C2CC2C(=O)N2CC(F)CC2C(=O)NC(c2ccccc2)c2ccc(C(C)C)cc2)cc1. The maximum absolute atomic E-state index is 14.6. The van der Waals surface area contributed by atoms with E-state index in [1.165, 1.54) is 10.5 Å². The van der Waals surface area contributed by atoms with Crippen molar-refractivity contribution in [1.82, 2.24) is 10.2 Å². The lowest BCUT2D eigenvalue weighted by atomic mass is 9.95. The number of halogens is 1. The van der Waals surface area contributed by atoms with E-state index in [1.54, 1.807) is 7.11 Å². The van der Waals surface area contributed by atoms with Crippen molar-refractivity contribution in [3.63, 3.8) is 0 Å². The predicted octanol–water partition coefficient (Wildman–Crippen LogP) is 5.77. The third-order valence-corrected chi connectivity index (χ3v) is 7.84. The highest BCUT2D eigenvalue weighted by atomic mass is 19.1. The molecule has 1 heterocycles. The highest BCUT2D eigenvalue weighted by Gasteiger charge is 2.50. The summed E-state index contributed by atoms with van der Waals surface area (Å²) < 4.78 is 19.9. The van der Waals surface area contributed by atoms with Gasteiger partial charge in [-0.2, -0.15) is 0 Å². The number of hydrogen-bond donors (Lipinski definition) is 1. The van der Waals surface area contributed by atoms with Gasteiger partial charge in [0.15, 0.2) is 0 Å². The smallest absolute Gasteiger partial charge is 0.243 e. The van der Waals surface area contributed by atoms with Crippen molar-refractivity contribution >= 4 is 11.8 Å². The Morgan fingerprint density at radius 2 is 1.53 bits per heavy atom. The highest BCUT2D eigenvalue weighted by molar-refractivity contribution is 5.91. The lowest BCUT2D eigenvalue weighted by Crippen LogP contribution is -2.47. The number of alkyl halides is 1. The standard InChI is InChI=1S/C32H35FN2O3/c1-20(2)21-9-11-24(12-10-21)30(23-7-5-4-6-8-23)34-31(36)29-17-25(33)19-35(29)32(37)28-18-27(28)22-13-15-26(38-3)16-14-22/h4-16,20,25,27-30H,17-19H2,1-3H3,(H,34,36). The Labute approximate surface area is 224 Å². The first kappa shape index (κ1) is 26.0. The summed E-state index contributed by atoms with van der Waals surface area (Å²) in [6.45, 7) is 4.25. The summed E-state index contributed by atoms with van der Waals surface area (Å²) in [6.07, 6.45) is -0.485. The number of ether oxygens (including phenoxy) is 1. The maximum atomic E-state index is 14.6. The summed E-state index contributed by atoms with van der Waals surface area (Å²) in [6, 6.07) is 24.5. The minimum atomic E-state index is -1.21. The number of amides is 2. The monoisotopic (exact) mass is 514 g/mol. The van der Waals surface area contributed by atoms with Gasteiger partial charge in [0.1, 0.15) is 18.0 Å². The molecule has 2 aliphatic rings. The summed E-state index contributed by atoms with van der Waals surface area (Å²) in [5, 5.41) is 3.15. The molecule has 5 nitrogen and oxygen atoms in total. The van der Waals surface area contributed by atoms with Crippen LogP contribution in [0.15, 0.2) is 78.9 Å². The molecule has 198 valence electrons. The van der Waals surface area contributed by atoms with Crippen LogP contribution in [0.5, 0.6) is 5.75 Å². The van der Waals surface area contributed by atoms with Crippen LogP contribution in [0, 0.1) is 5.92 Å². The number of carbonyl (C=O) groups excluding carboxylic acids is 2. The summed E-state index contributed by atoms with van der Waals surface area (Å²) in [5.74, 6) is 0.577. The van der Waals surface area contributed by atoms with Crippen molar-refractivity contribution in [3.05, 3.63) is 101 Å². The topological polar surface area (TPSA) is 58.6 Å². The second-order valence-corrected chi connectivity index (χ2v) is 10.7. The molecule has 1 aliphatic heterocycles. The average Bonchev–Trinajstić information content (AvgIpc) is 3.65. The van der Waals surface area contributed by atoms with Gasteiger partial charge in [-0.3, -0.25) is 9.59 Å². The van der Waals surface area contributed by atoms with E-state index in [0.717, 1.165) is 22.4 Å². The molecule has 3 aromatic rings. The van der Waals surface area contributed by atoms with Crippen LogP contribution >= 0.6 is 0 Å². The van der Waals surface area contributed by atoms with Crippen molar-refractivity contribution in [2.24, 2.45) is 5.92 Å². The van der Waals surface area contributed by atoms with Crippen LogP contribution in [0.25, 0.3) is 0 Å². The predicted molar refractivity (Wildman–Crippen MR) is 146 cm³/mol. The molecule has 6 heteroatoms. The molecule has 1 aliphatic carbocycles. The number of nitrogens with one attached hydrogen (secondary N) is 1. The van der Waals surface area contributed by atoms with E-state index in [1.807, 2.05) is 66.7 Å². The van der Waals surface area contributed by atoms with E-state index < -0.39 is 18.3 Å². The minimum absolute atomic E-state index is 0.0191. The second kappa shape index (κ2) is 11.0. The van der Waals surface area contributed by atoms with Crippen molar-refractivity contribution in [3.8, 4) is 5.75 Å². The minimum Gasteiger partial charge on any atom is -0.497 e. The Morgan fingerprint density at radius 3 is 2.16 bits per heavy atom. The van der Waals surface area contributed by atoms with Crippen LogP contribution in [-0.2, 0) is 9.59 Å². The van der Waals surface area contributed by atoms with Gasteiger partial charge in [0, 0.05) is 12.3 Å². The first-order valence-electron chi connectivity index (χ1n) is 13.4. The van der Waals surface area contributed by atoms with Crippen LogP contribution < -0.4 is 10.1 Å². The first-order chi connectivity index (χ1) is 18.4. The van der Waals surface area contributed by atoms with Crippen molar-refractivity contribution in [2.45, 2.75) is 56.8 Å². The van der Waals surface area contributed by atoms with Gasteiger partial charge in [-0.25, -0.2) is 4.39 Å². The third kappa shape index (κ3) is 5.45. The zero-order valence-electron chi connectivity index (χ0n) is 22.1. The molecule has 1 saturated carbocycles. The molecule has 1 saturated heterocycles. The molecule has 1 N–H and O–H groups in total. The zero-order valence-corrected chi connectivity index (χ0v) is 22.1. The molecular formula is C32H35FN2O3. The van der Waals surface area contributed by atoms with Gasteiger partial charge in [0.05, 0.1) is 19.7 Å². The van der Waals surface area contributed by atoms with E-state index in [-0.39, 0.29) is 36.6 Å². The number of methoxy groups -OCH3 is 1. The molecule has 3 aromatic carbocycles. The number of nitrogens with zero attached hydrogens (tertiary/aromatic N) is 1. The highest BCUT2D eigenvalue weighted by Crippen LogP contribution is 2.49. The Balaban J connectivity index is 1.33. The van der Waals surface area contributed by atoms with Gasteiger partial charge < -0.3 is 15.0 Å². The van der Waals surface area contributed by atoms with Crippen LogP contribution in [0.1, 0.15) is 66.8 Å². The van der Waals surface area contributed by atoms with Gasteiger partial charge in [0.2, 0.25) is 11.8 Å². The first-order valence-corrected chi connectivity index (χ1v) is 13.4. The molecule has 5 unspecified atom stereocenters. The molecule has 2 amide bonds. The van der Waals surface area contributed by atoms with E-state index in [4.69, 9.17) is 4.74 Å². The summed E-state index contributed by atoms with van der Waals surface area (Å²) in [5.41, 5.74) is 4.17. The lowest BCUT2D eigenvalue weighted by Gasteiger charge is -2.27. The van der Waals surface area contributed by atoms with Crippen molar-refractivity contribution < 1.29 is 18.7 Å². The molecule has 0 spiro atoms. The molecule has 0 radical (unpaired) electrons. The molecule has 2 fully saturated rings. The normalized spacial score (nSPS) is 23.2. The van der Waals surface area contributed by atoms with Crippen LogP contribution in [-0.4, -0.2) is 42.6 Å². The maximum Gasteiger partial charge on any atom is 0.243 e. The molecule has 0 aromatic heterocycles. The molecular weight excluding hydrogens is 479 g/mol. The fourth-order valence-electron chi connectivity index (χ4n) is 5.49. The Kier molecular flexibility index (Phi) is 7.50. The lowest BCUT2D eigenvalue weighted by molar-refractivity contribution is -0.139. The van der Waals surface area contributed by atoms with E-state index >= 15 is 0 Å². The summed E-state index contributed by atoms with van der Waals surface area (Å²) in [7, 11) is 1.62. The number of likely N-dealkylation sites (tertiary alicyclic amines) is 1. The second-order valence-electron chi connectivity index (χ2n) is 10.7. The number of hydrogen-bond acceptors (Lipinski definition) is 3. The third-order valence-electron chi connectivity index (χ3n) is 7.84. The van der Waals surface area contributed by atoms with Gasteiger partial charge in [0.25, 0.3) is 0 Å². The molecule has 5 rings (SSSR count). The number of rotatable bonds is 8. The molecule has 38 heavy (non-hydrogen) atoms. The molecule has 5 atom stereocenters. The summed E-state index contributed by atoms with van der Waals surface area (Å²) >= 11 is 0. The van der Waals surface area contributed by atoms with E-state index in [2.05, 4.69) is 31.3 Å². The van der Waals surface area contributed by atoms with E-state index in [0.29, 0.717) is 12.3 Å². The number of carbonyl (C=O) groups is 2. The van der Waals surface area contributed by atoms with Gasteiger partial charge in [-0.05, 0) is 52.6 Å². The Bertz CT molecular complexity index is 1260. The Morgan fingerprint density at radius 1 is 0.895 bits per heavy atom. The van der Waals surface area contributed by atoms with Gasteiger partial charge in [-0.1, -0.05) is 80.6 Å². The fourth-order valence-corrected chi connectivity index (χ4v) is 5.49. The zero-order chi connectivity index (χ0) is 26.8. The number of benzene rings is 3. The van der Waals surface area contributed by atoms with Crippen LogP contribution in [0.4, 0.5) is 4.39 Å². The van der Waals surface area contributed by atoms with Crippen LogP contribution in [0.2, 0.25) is 0 Å². The van der Waals surface area contributed by atoms with E-state index in [9.17, 15) is 14.0 Å². The van der Waals surface area contributed by atoms with Crippen molar-refractivity contribution in [2.75, 3.05) is 13.7 Å². The van der Waals surface area contributed by atoms with Gasteiger partial charge >= 0.3 is 0 Å². The quantitative estimate of drug-likeness (QED) is 0.415. The fraction of sp³-hybridized carbons (Fsp3) is 0.375.